The second kappa shape index (κ2) is 4.28. The third kappa shape index (κ3) is 3.00. The molecule has 0 aromatic heterocycles. The largest absolute Gasteiger partial charge is 0.573 e. The predicted molar refractivity (Wildman–Crippen MR) is 51.2 cm³/mol. The van der Waals surface area contributed by atoms with Crippen LogP contribution in [0.25, 0.3) is 0 Å². The van der Waals surface area contributed by atoms with Crippen molar-refractivity contribution in [3.05, 3.63) is 22.2 Å². The van der Waals surface area contributed by atoms with Gasteiger partial charge in [-0.25, -0.2) is 0 Å². The van der Waals surface area contributed by atoms with Gasteiger partial charge in [0.15, 0.2) is 5.75 Å². The van der Waals surface area contributed by atoms with E-state index in [1.165, 1.54) is 6.07 Å². The number of hydrogen-bond donors (Lipinski definition) is 2. The van der Waals surface area contributed by atoms with Crippen molar-refractivity contribution in [3.8, 4) is 5.75 Å². The van der Waals surface area contributed by atoms with Gasteiger partial charge < -0.3 is 15.6 Å². The molecule has 0 aliphatic carbocycles. The van der Waals surface area contributed by atoms with Crippen LogP contribution in [-0.4, -0.2) is 11.5 Å². The van der Waals surface area contributed by atoms with Gasteiger partial charge in [-0.3, -0.25) is 0 Å². The molecule has 1 aromatic rings. The lowest BCUT2D eigenvalue weighted by atomic mass is 10.2. The van der Waals surface area contributed by atoms with Gasteiger partial charge in [-0.05, 0) is 27.6 Å². The Morgan fingerprint density at radius 2 is 2.00 bits per heavy atom. The molecular formula is C8H7BrF3NO2. The Morgan fingerprint density at radius 3 is 2.47 bits per heavy atom. The van der Waals surface area contributed by atoms with Crippen molar-refractivity contribution in [3.63, 3.8) is 0 Å². The Labute approximate surface area is 91.8 Å². The summed E-state index contributed by atoms with van der Waals surface area (Å²) in [7, 11) is 0. The molecule has 0 spiro atoms. The lowest BCUT2D eigenvalue weighted by Crippen LogP contribution is -2.18. The van der Waals surface area contributed by atoms with Gasteiger partial charge in [-0.1, -0.05) is 6.07 Å². The van der Waals surface area contributed by atoms with E-state index in [9.17, 15) is 13.2 Å². The van der Waals surface area contributed by atoms with Crippen molar-refractivity contribution in [1.29, 1.82) is 0 Å². The fraction of sp³-hybridized carbons (Fsp3) is 0.250. The lowest BCUT2D eigenvalue weighted by molar-refractivity contribution is -0.274. The Bertz CT molecular complexity index is 368. The van der Waals surface area contributed by atoms with Crippen LogP contribution in [0.2, 0.25) is 0 Å². The summed E-state index contributed by atoms with van der Waals surface area (Å²) in [6.07, 6.45) is -4.78. The van der Waals surface area contributed by atoms with E-state index in [2.05, 4.69) is 20.7 Å². The second-order valence-electron chi connectivity index (χ2n) is 2.66. The second-order valence-corrected chi connectivity index (χ2v) is 3.45. The van der Waals surface area contributed by atoms with Crippen LogP contribution < -0.4 is 10.5 Å². The van der Waals surface area contributed by atoms with Crippen LogP contribution in [0.15, 0.2) is 16.6 Å². The highest BCUT2D eigenvalue weighted by molar-refractivity contribution is 9.10. The van der Waals surface area contributed by atoms with Crippen LogP contribution in [0.4, 0.5) is 18.9 Å². The number of halogens is 4. The number of nitrogen functional groups attached to an aromatic ring is 1. The average Bonchev–Trinajstić information content (AvgIpc) is 2.11. The van der Waals surface area contributed by atoms with Crippen molar-refractivity contribution in [2.24, 2.45) is 0 Å². The van der Waals surface area contributed by atoms with Gasteiger partial charge in [0, 0.05) is 4.47 Å². The van der Waals surface area contributed by atoms with Gasteiger partial charge in [0.25, 0.3) is 0 Å². The summed E-state index contributed by atoms with van der Waals surface area (Å²) in [5, 5.41) is 8.82. The number of aliphatic hydroxyl groups excluding tert-OH is 1. The fourth-order valence-corrected chi connectivity index (χ4v) is 1.41. The van der Waals surface area contributed by atoms with E-state index < -0.39 is 12.1 Å². The molecule has 0 aliphatic heterocycles. The lowest BCUT2D eigenvalue weighted by Gasteiger charge is -2.13. The molecule has 0 aliphatic rings. The highest BCUT2D eigenvalue weighted by Gasteiger charge is 2.32. The minimum absolute atomic E-state index is 0.195. The highest BCUT2D eigenvalue weighted by Crippen LogP contribution is 2.35. The molecule has 1 rings (SSSR count). The third-order valence-electron chi connectivity index (χ3n) is 1.62. The van der Waals surface area contributed by atoms with Gasteiger partial charge in [-0.2, -0.15) is 0 Å². The minimum Gasteiger partial charge on any atom is -0.404 e. The number of alkyl halides is 3. The van der Waals surface area contributed by atoms with Crippen molar-refractivity contribution >= 4 is 21.6 Å². The molecule has 1 aromatic carbocycles. The SMILES string of the molecule is Nc1c(OC(F)(F)F)ccc(CO)c1Br. The summed E-state index contributed by atoms with van der Waals surface area (Å²) in [4.78, 5) is 0. The molecule has 7 heteroatoms. The van der Waals surface area contributed by atoms with E-state index in [0.29, 0.717) is 5.56 Å². The van der Waals surface area contributed by atoms with Crippen LogP contribution in [0, 0.1) is 0 Å². The van der Waals surface area contributed by atoms with Crippen LogP contribution in [0.1, 0.15) is 5.56 Å². The number of aliphatic hydroxyl groups is 1. The quantitative estimate of drug-likeness (QED) is 0.821. The first-order chi connectivity index (χ1) is 6.85. The Balaban J connectivity index is 3.07. The van der Waals surface area contributed by atoms with Crippen molar-refractivity contribution in [2.45, 2.75) is 13.0 Å². The molecule has 0 fully saturated rings. The number of anilines is 1. The minimum atomic E-state index is -4.78. The van der Waals surface area contributed by atoms with E-state index >= 15 is 0 Å². The molecule has 3 N–H and O–H groups in total. The molecule has 15 heavy (non-hydrogen) atoms. The summed E-state index contributed by atoms with van der Waals surface area (Å²) in [5.41, 5.74) is 5.58. The maximum Gasteiger partial charge on any atom is 0.573 e. The molecular weight excluding hydrogens is 279 g/mol. The maximum absolute atomic E-state index is 11.9. The van der Waals surface area contributed by atoms with Gasteiger partial charge in [-0.15, -0.1) is 13.2 Å². The van der Waals surface area contributed by atoms with Crippen LogP contribution in [-0.2, 0) is 6.61 Å². The molecule has 0 amide bonds. The number of hydrogen-bond acceptors (Lipinski definition) is 3. The number of ether oxygens (including phenoxy) is 1. The van der Waals surface area contributed by atoms with Crippen LogP contribution >= 0.6 is 15.9 Å². The maximum atomic E-state index is 11.9. The van der Waals surface area contributed by atoms with Gasteiger partial charge in [0.05, 0.1) is 12.3 Å². The number of rotatable bonds is 2. The highest BCUT2D eigenvalue weighted by atomic mass is 79.9. The summed E-state index contributed by atoms with van der Waals surface area (Å²) in [5.74, 6) is -0.494. The molecule has 84 valence electrons. The van der Waals surface area contributed by atoms with E-state index in [-0.39, 0.29) is 16.8 Å². The van der Waals surface area contributed by atoms with E-state index in [1.54, 1.807) is 0 Å². The topological polar surface area (TPSA) is 55.5 Å². The van der Waals surface area contributed by atoms with E-state index in [4.69, 9.17) is 10.8 Å². The molecule has 3 nitrogen and oxygen atoms in total. The first kappa shape index (κ1) is 12.1. The Kier molecular flexibility index (Phi) is 3.46. The first-order valence-electron chi connectivity index (χ1n) is 3.78. The molecule has 0 saturated heterocycles. The van der Waals surface area contributed by atoms with Gasteiger partial charge in [0.2, 0.25) is 0 Å². The molecule has 0 radical (unpaired) electrons. The standard InChI is InChI=1S/C8H7BrF3NO2/c9-6-4(3-14)1-2-5(7(6)13)15-8(10,11)12/h1-2,14H,3,13H2. The zero-order valence-electron chi connectivity index (χ0n) is 7.31. The van der Waals surface area contributed by atoms with Crippen molar-refractivity contribution < 1.29 is 23.0 Å². The molecule has 0 atom stereocenters. The Hall–Kier alpha value is -0.950. The van der Waals surface area contributed by atoms with Crippen LogP contribution in [0.3, 0.4) is 0 Å². The average molecular weight is 286 g/mol. The van der Waals surface area contributed by atoms with E-state index in [0.717, 1.165) is 6.07 Å². The van der Waals surface area contributed by atoms with Gasteiger partial charge in [0.1, 0.15) is 0 Å². The summed E-state index contributed by atoms with van der Waals surface area (Å²) < 4.78 is 39.6. The van der Waals surface area contributed by atoms with Crippen LogP contribution in [0.5, 0.6) is 5.75 Å². The van der Waals surface area contributed by atoms with Gasteiger partial charge >= 0.3 is 6.36 Å². The van der Waals surface area contributed by atoms with Crippen molar-refractivity contribution in [2.75, 3.05) is 5.73 Å². The van der Waals surface area contributed by atoms with E-state index in [1.807, 2.05) is 0 Å². The Morgan fingerprint density at radius 1 is 1.40 bits per heavy atom. The third-order valence-corrected chi connectivity index (χ3v) is 2.55. The predicted octanol–water partition coefficient (Wildman–Crippen LogP) is 2.42. The summed E-state index contributed by atoms with van der Waals surface area (Å²) in [6.45, 7) is -0.322. The number of nitrogens with two attached hydrogens (primary N) is 1. The zero-order chi connectivity index (χ0) is 11.6. The molecule has 0 saturated carbocycles. The molecule has 0 heterocycles. The van der Waals surface area contributed by atoms with Crippen molar-refractivity contribution in [1.82, 2.24) is 0 Å². The zero-order valence-corrected chi connectivity index (χ0v) is 8.89. The fourth-order valence-electron chi connectivity index (χ4n) is 0.956. The summed E-state index contributed by atoms with van der Waals surface area (Å²) >= 11 is 2.97. The molecule has 0 bridgehead atoms. The number of benzene rings is 1. The molecule has 0 unspecified atom stereocenters. The normalized spacial score (nSPS) is 11.5. The summed E-state index contributed by atoms with van der Waals surface area (Å²) in [6, 6.07) is 2.35. The monoisotopic (exact) mass is 285 g/mol. The first-order valence-corrected chi connectivity index (χ1v) is 4.58. The smallest absolute Gasteiger partial charge is 0.404 e.